The number of nitrogen functional groups attached to an aromatic ring is 1. The lowest BCUT2D eigenvalue weighted by Crippen LogP contribution is -1.88. The van der Waals surface area contributed by atoms with E-state index in [1.165, 1.54) is 5.57 Å². The van der Waals surface area contributed by atoms with Crippen molar-refractivity contribution in [2.24, 2.45) is 0 Å². The molecule has 0 atom stereocenters. The molecule has 0 aliphatic carbocycles. The molecule has 0 fully saturated rings. The molecule has 1 rings (SSSR count). The van der Waals surface area contributed by atoms with Crippen molar-refractivity contribution in [1.29, 1.82) is 0 Å². The Morgan fingerprint density at radius 2 is 2.27 bits per heavy atom. The molecule has 2 N–H and O–H groups in total. The van der Waals surface area contributed by atoms with Crippen molar-refractivity contribution in [1.82, 2.24) is 4.98 Å². The van der Waals surface area contributed by atoms with Gasteiger partial charge in [0.2, 0.25) is 0 Å². The Morgan fingerprint density at radius 3 is 2.82 bits per heavy atom. The summed E-state index contributed by atoms with van der Waals surface area (Å²) in [5.74, 6) is 0.569. The van der Waals surface area contributed by atoms with E-state index in [4.69, 9.17) is 5.73 Å². The molecular weight excluding hydrogens is 136 g/mol. The topological polar surface area (TPSA) is 38.9 Å². The Morgan fingerprint density at radius 1 is 1.55 bits per heavy atom. The van der Waals surface area contributed by atoms with Gasteiger partial charge in [0.05, 0.1) is 0 Å². The van der Waals surface area contributed by atoms with Gasteiger partial charge in [-0.3, -0.25) is 0 Å². The van der Waals surface area contributed by atoms with Crippen LogP contribution >= 0.6 is 0 Å². The Bertz CT molecular complexity index is 273. The van der Waals surface area contributed by atoms with E-state index < -0.39 is 0 Å². The molecule has 0 saturated carbocycles. The number of allylic oxidation sites excluding steroid dienone is 1. The number of anilines is 1. The average molecular weight is 148 g/mol. The number of hydrogen-bond donors (Lipinski definition) is 1. The van der Waals surface area contributed by atoms with Crippen molar-refractivity contribution >= 4 is 11.9 Å². The second-order valence-electron chi connectivity index (χ2n) is 2.74. The summed E-state index contributed by atoms with van der Waals surface area (Å²) in [5.41, 5.74) is 7.86. The van der Waals surface area contributed by atoms with Gasteiger partial charge in [-0.15, -0.1) is 0 Å². The zero-order chi connectivity index (χ0) is 8.27. The van der Waals surface area contributed by atoms with Crippen LogP contribution in [-0.4, -0.2) is 4.98 Å². The molecule has 1 heterocycles. The monoisotopic (exact) mass is 148 g/mol. The van der Waals surface area contributed by atoms with Gasteiger partial charge in [0.25, 0.3) is 0 Å². The largest absolute Gasteiger partial charge is 0.384 e. The molecule has 1 aromatic heterocycles. The third-order valence-electron chi connectivity index (χ3n) is 1.26. The van der Waals surface area contributed by atoms with Crippen LogP contribution in [0.2, 0.25) is 0 Å². The highest BCUT2D eigenvalue weighted by atomic mass is 14.8. The minimum atomic E-state index is 0.569. The van der Waals surface area contributed by atoms with E-state index in [9.17, 15) is 0 Å². The van der Waals surface area contributed by atoms with Gasteiger partial charge in [-0.2, -0.15) is 0 Å². The molecule has 0 spiro atoms. The first-order chi connectivity index (χ1) is 5.18. The summed E-state index contributed by atoms with van der Waals surface area (Å²) in [6, 6.07) is 3.79. The number of nitrogens with two attached hydrogens (primary N) is 1. The Balaban J connectivity index is 2.97. The van der Waals surface area contributed by atoms with Gasteiger partial charge < -0.3 is 5.73 Å². The molecule has 0 unspecified atom stereocenters. The summed E-state index contributed by atoms with van der Waals surface area (Å²) in [6.45, 7) is 4.10. The smallest absolute Gasteiger partial charge is 0.123 e. The molecule has 0 aromatic carbocycles. The summed E-state index contributed by atoms with van der Waals surface area (Å²) in [5, 5.41) is 0. The van der Waals surface area contributed by atoms with Gasteiger partial charge in [0, 0.05) is 6.20 Å². The summed E-state index contributed by atoms with van der Waals surface area (Å²) < 4.78 is 0. The number of aromatic nitrogens is 1. The predicted molar refractivity (Wildman–Crippen MR) is 48.0 cm³/mol. The van der Waals surface area contributed by atoms with E-state index in [2.05, 4.69) is 24.9 Å². The van der Waals surface area contributed by atoms with Gasteiger partial charge in [-0.05, 0) is 31.5 Å². The first-order valence-electron chi connectivity index (χ1n) is 3.55. The molecule has 2 nitrogen and oxygen atoms in total. The summed E-state index contributed by atoms with van der Waals surface area (Å²) in [6.07, 6.45) is 3.78. The van der Waals surface area contributed by atoms with Gasteiger partial charge in [-0.25, -0.2) is 4.98 Å². The molecule has 2 heteroatoms. The zero-order valence-corrected chi connectivity index (χ0v) is 6.83. The Hall–Kier alpha value is -1.31. The first kappa shape index (κ1) is 7.79. The normalized spacial score (nSPS) is 9.27. The maximum Gasteiger partial charge on any atom is 0.123 e. The number of rotatable bonds is 1. The second-order valence-corrected chi connectivity index (χ2v) is 2.74. The van der Waals surface area contributed by atoms with Crippen LogP contribution in [0.5, 0.6) is 0 Å². The van der Waals surface area contributed by atoms with E-state index in [0.717, 1.165) is 5.56 Å². The molecule has 58 valence electrons. The fourth-order valence-electron chi connectivity index (χ4n) is 0.889. The lowest BCUT2D eigenvalue weighted by molar-refractivity contribution is 1.32. The standard InChI is InChI=1S/C9H12N2/c1-7(2)5-8-3-4-11-9(10)6-8/h3-6H,1-2H3,(H2,10,11). The summed E-state index contributed by atoms with van der Waals surface area (Å²) in [4.78, 5) is 3.90. The van der Waals surface area contributed by atoms with Crippen molar-refractivity contribution < 1.29 is 0 Å². The van der Waals surface area contributed by atoms with Gasteiger partial charge in [0.15, 0.2) is 0 Å². The van der Waals surface area contributed by atoms with Gasteiger partial charge in [-0.1, -0.05) is 11.6 Å². The molecule has 0 aliphatic heterocycles. The van der Waals surface area contributed by atoms with Crippen molar-refractivity contribution in [3.05, 3.63) is 29.5 Å². The highest BCUT2D eigenvalue weighted by molar-refractivity contribution is 5.54. The third-order valence-corrected chi connectivity index (χ3v) is 1.26. The highest BCUT2D eigenvalue weighted by Gasteiger charge is 1.88. The molecule has 0 radical (unpaired) electrons. The van der Waals surface area contributed by atoms with E-state index >= 15 is 0 Å². The van der Waals surface area contributed by atoms with Crippen LogP contribution in [0.4, 0.5) is 5.82 Å². The van der Waals surface area contributed by atoms with Crippen LogP contribution in [0.1, 0.15) is 19.4 Å². The minimum absolute atomic E-state index is 0.569. The van der Waals surface area contributed by atoms with Crippen LogP contribution in [0.25, 0.3) is 6.08 Å². The number of hydrogen-bond acceptors (Lipinski definition) is 2. The van der Waals surface area contributed by atoms with Crippen LogP contribution in [-0.2, 0) is 0 Å². The molecule has 0 amide bonds. The SMILES string of the molecule is CC(C)=Cc1ccnc(N)c1. The van der Waals surface area contributed by atoms with E-state index in [1.807, 2.05) is 12.1 Å². The zero-order valence-electron chi connectivity index (χ0n) is 6.83. The van der Waals surface area contributed by atoms with Crippen LogP contribution < -0.4 is 5.73 Å². The van der Waals surface area contributed by atoms with Crippen LogP contribution in [0, 0.1) is 0 Å². The number of nitrogens with zero attached hydrogens (tertiary/aromatic N) is 1. The Kier molecular flexibility index (Phi) is 2.26. The maximum atomic E-state index is 5.49. The predicted octanol–water partition coefficient (Wildman–Crippen LogP) is 2.09. The lowest BCUT2D eigenvalue weighted by atomic mass is 10.2. The average Bonchev–Trinajstić information content (AvgIpc) is 1.85. The van der Waals surface area contributed by atoms with Crippen LogP contribution in [0.3, 0.4) is 0 Å². The maximum absolute atomic E-state index is 5.49. The van der Waals surface area contributed by atoms with Gasteiger partial charge in [0.1, 0.15) is 5.82 Å². The quantitative estimate of drug-likeness (QED) is 0.662. The molecule has 11 heavy (non-hydrogen) atoms. The second kappa shape index (κ2) is 3.19. The number of pyridine rings is 1. The molecule has 0 saturated heterocycles. The minimum Gasteiger partial charge on any atom is -0.384 e. The van der Waals surface area contributed by atoms with Crippen molar-refractivity contribution in [3.63, 3.8) is 0 Å². The van der Waals surface area contributed by atoms with Crippen molar-refractivity contribution in [2.45, 2.75) is 13.8 Å². The molecule has 1 aromatic rings. The van der Waals surface area contributed by atoms with Crippen molar-refractivity contribution in [3.8, 4) is 0 Å². The third kappa shape index (κ3) is 2.42. The lowest BCUT2D eigenvalue weighted by Gasteiger charge is -1.95. The van der Waals surface area contributed by atoms with E-state index in [-0.39, 0.29) is 0 Å². The first-order valence-corrected chi connectivity index (χ1v) is 3.55. The molecule has 0 bridgehead atoms. The molecular formula is C9H12N2. The van der Waals surface area contributed by atoms with E-state index in [0.29, 0.717) is 5.82 Å². The molecule has 0 aliphatic rings. The van der Waals surface area contributed by atoms with Crippen molar-refractivity contribution in [2.75, 3.05) is 5.73 Å². The Labute approximate surface area is 66.8 Å². The van der Waals surface area contributed by atoms with Crippen LogP contribution in [0.15, 0.2) is 23.9 Å². The fraction of sp³-hybridized carbons (Fsp3) is 0.222. The highest BCUT2D eigenvalue weighted by Crippen LogP contribution is 2.07. The fourth-order valence-corrected chi connectivity index (χ4v) is 0.889. The summed E-state index contributed by atoms with van der Waals surface area (Å²) >= 11 is 0. The van der Waals surface area contributed by atoms with E-state index in [1.54, 1.807) is 6.20 Å². The van der Waals surface area contributed by atoms with Gasteiger partial charge >= 0.3 is 0 Å². The summed E-state index contributed by atoms with van der Waals surface area (Å²) in [7, 11) is 0.